The van der Waals surface area contributed by atoms with Crippen molar-refractivity contribution in [2.24, 2.45) is 0 Å². The summed E-state index contributed by atoms with van der Waals surface area (Å²) >= 11 is 3.46. The molecule has 0 heterocycles. The van der Waals surface area contributed by atoms with Gasteiger partial charge in [0, 0.05) is 17.1 Å². The number of amides is 2. The van der Waals surface area contributed by atoms with Crippen molar-refractivity contribution in [1.82, 2.24) is 10.2 Å². The molecule has 0 bridgehead atoms. The van der Waals surface area contributed by atoms with Gasteiger partial charge in [0.2, 0.25) is 11.8 Å². The van der Waals surface area contributed by atoms with Gasteiger partial charge in [0.05, 0.1) is 10.6 Å². The molecule has 0 fully saturated rings. The summed E-state index contributed by atoms with van der Waals surface area (Å²) in [6, 6.07) is 21.7. The summed E-state index contributed by atoms with van der Waals surface area (Å²) in [5.41, 5.74) is 1.92. The Morgan fingerprint density at radius 3 is 2.24 bits per heavy atom. The Morgan fingerprint density at radius 2 is 1.61 bits per heavy atom. The highest BCUT2D eigenvalue weighted by atomic mass is 79.9. The van der Waals surface area contributed by atoms with Gasteiger partial charge < -0.3 is 10.2 Å². The number of halogens is 1. The zero-order valence-electron chi connectivity index (χ0n) is 22.1. The van der Waals surface area contributed by atoms with E-state index in [-0.39, 0.29) is 23.4 Å². The Labute approximate surface area is 234 Å². The van der Waals surface area contributed by atoms with E-state index in [0.717, 1.165) is 20.8 Å². The largest absolute Gasteiger partial charge is 0.352 e. The average Bonchev–Trinajstić information content (AvgIpc) is 2.90. The molecule has 0 aliphatic carbocycles. The molecule has 0 saturated heterocycles. The molecule has 0 aliphatic heterocycles. The average molecular weight is 601 g/mol. The second kappa shape index (κ2) is 13.1. The van der Waals surface area contributed by atoms with Crippen molar-refractivity contribution in [3.05, 3.63) is 94.5 Å². The molecule has 202 valence electrons. The normalized spacial score (nSPS) is 12.9. The third-order valence-corrected chi connectivity index (χ3v) is 8.67. The summed E-state index contributed by atoms with van der Waals surface area (Å²) in [7, 11) is -4.08. The van der Waals surface area contributed by atoms with Crippen LogP contribution in [-0.4, -0.2) is 43.8 Å². The molecule has 9 heteroatoms. The Morgan fingerprint density at radius 1 is 0.947 bits per heavy atom. The molecule has 2 atom stereocenters. The standard InChI is InChI=1S/C29H34BrN3O4S/c1-5-22(3)31-29(35)23(4)32(19-24-13-11-14-25(30)18-24)28(34)20-33(27-17-10-9-12-21(27)2)38(36,37)26-15-7-6-8-16-26/h6-18,22-23H,5,19-20H2,1-4H3,(H,31,35)/t22-,23+/m0/s1. The maximum Gasteiger partial charge on any atom is 0.264 e. The van der Waals surface area contributed by atoms with Crippen LogP contribution in [0.4, 0.5) is 5.69 Å². The quantitative estimate of drug-likeness (QED) is 0.324. The Hall–Kier alpha value is -3.17. The number of para-hydroxylation sites is 1. The molecule has 3 aromatic rings. The number of nitrogens with zero attached hydrogens (tertiary/aromatic N) is 2. The van der Waals surface area contributed by atoms with Crippen LogP contribution in [0.1, 0.15) is 38.3 Å². The molecular formula is C29H34BrN3O4S. The SMILES string of the molecule is CC[C@H](C)NC(=O)[C@@H](C)N(Cc1cccc(Br)c1)C(=O)CN(c1ccccc1C)S(=O)(=O)c1ccccc1. The highest BCUT2D eigenvalue weighted by Crippen LogP contribution is 2.27. The molecule has 7 nitrogen and oxygen atoms in total. The van der Waals surface area contributed by atoms with Crippen molar-refractivity contribution in [2.75, 3.05) is 10.8 Å². The maximum absolute atomic E-state index is 13.9. The van der Waals surface area contributed by atoms with Gasteiger partial charge in [-0.25, -0.2) is 8.42 Å². The van der Waals surface area contributed by atoms with E-state index >= 15 is 0 Å². The topological polar surface area (TPSA) is 86.8 Å². The molecule has 1 N–H and O–H groups in total. The number of carbonyl (C=O) groups is 2. The van der Waals surface area contributed by atoms with E-state index < -0.39 is 28.5 Å². The molecule has 3 aromatic carbocycles. The van der Waals surface area contributed by atoms with Gasteiger partial charge in [-0.3, -0.25) is 13.9 Å². The smallest absolute Gasteiger partial charge is 0.264 e. The first-order chi connectivity index (χ1) is 18.0. The van der Waals surface area contributed by atoms with Crippen LogP contribution in [0, 0.1) is 6.92 Å². The van der Waals surface area contributed by atoms with Gasteiger partial charge in [0.25, 0.3) is 10.0 Å². The number of anilines is 1. The first kappa shape index (κ1) is 29.4. The number of sulfonamides is 1. The van der Waals surface area contributed by atoms with Crippen molar-refractivity contribution in [3.8, 4) is 0 Å². The van der Waals surface area contributed by atoms with Gasteiger partial charge in [0.1, 0.15) is 12.6 Å². The minimum absolute atomic E-state index is 0.0605. The number of carbonyl (C=O) groups excluding carboxylic acids is 2. The molecule has 0 unspecified atom stereocenters. The van der Waals surface area contributed by atoms with E-state index in [1.165, 1.54) is 17.0 Å². The van der Waals surface area contributed by atoms with E-state index in [4.69, 9.17) is 0 Å². The number of hydrogen-bond acceptors (Lipinski definition) is 4. The summed E-state index contributed by atoms with van der Waals surface area (Å²) in [4.78, 5) is 28.5. The van der Waals surface area contributed by atoms with Crippen molar-refractivity contribution in [2.45, 2.75) is 57.6 Å². The van der Waals surface area contributed by atoms with Crippen molar-refractivity contribution >= 4 is 43.5 Å². The summed E-state index contributed by atoms with van der Waals surface area (Å²) in [6.07, 6.45) is 0.744. The lowest BCUT2D eigenvalue weighted by atomic mass is 10.1. The van der Waals surface area contributed by atoms with Crippen molar-refractivity contribution in [3.63, 3.8) is 0 Å². The lowest BCUT2D eigenvalue weighted by Crippen LogP contribution is -2.52. The van der Waals surface area contributed by atoms with Crippen LogP contribution in [0.3, 0.4) is 0 Å². The van der Waals surface area contributed by atoms with Gasteiger partial charge in [-0.2, -0.15) is 0 Å². The zero-order chi connectivity index (χ0) is 27.9. The fourth-order valence-electron chi connectivity index (χ4n) is 3.96. The molecule has 0 radical (unpaired) electrons. The molecule has 0 aromatic heterocycles. The second-order valence-corrected chi connectivity index (χ2v) is 12.0. The summed E-state index contributed by atoms with van der Waals surface area (Å²) in [6.45, 7) is 7.01. The summed E-state index contributed by atoms with van der Waals surface area (Å²) in [5.74, 6) is -0.782. The van der Waals surface area contributed by atoms with Crippen molar-refractivity contribution < 1.29 is 18.0 Å². The second-order valence-electron chi connectivity index (χ2n) is 9.26. The van der Waals surface area contributed by atoms with Crippen LogP contribution in [0.5, 0.6) is 0 Å². The van der Waals surface area contributed by atoms with Crippen LogP contribution in [0.15, 0.2) is 88.2 Å². The Balaban J connectivity index is 2.03. The monoisotopic (exact) mass is 599 g/mol. The van der Waals surface area contributed by atoms with Crippen LogP contribution >= 0.6 is 15.9 Å². The summed E-state index contributed by atoms with van der Waals surface area (Å²) in [5, 5.41) is 2.94. The van der Waals surface area contributed by atoms with E-state index in [9.17, 15) is 18.0 Å². The van der Waals surface area contributed by atoms with E-state index in [1.807, 2.05) is 44.2 Å². The summed E-state index contributed by atoms with van der Waals surface area (Å²) < 4.78 is 29.6. The lowest BCUT2D eigenvalue weighted by Gasteiger charge is -2.33. The molecule has 38 heavy (non-hydrogen) atoms. The fourth-order valence-corrected chi connectivity index (χ4v) is 5.90. The third-order valence-electron chi connectivity index (χ3n) is 6.40. The molecule has 2 amide bonds. The predicted molar refractivity (Wildman–Crippen MR) is 154 cm³/mol. The molecule has 0 aliphatic rings. The minimum atomic E-state index is -4.08. The zero-order valence-corrected chi connectivity index (χ0v) is 24.5. The maximum atomic E-state index is 13.9. The van der Waals surface area contributed by atoms with Crippen LogP contribution in [0.25, 0.3) is 0 Å². The highest BCUT2D eigenvalue weighted by molar-refractivity contribution is 9.10. The Bertz CT molecular complexity index is 1370. The highest BCUT2D eigenvalue weighted by Gasteiger charge is 2.33. The Kier molecular flexibility index (Phi) is 10.1. The van der Waals surface area contributed by atoms with Gasteiger partial charge >= 0.3 is 0 Å². The molecule has 3 rings (SSSR count). The van der Waals surface area contributed by atoms with Gasteiger partial charge in [0.15, 0.2) is 0 Å². The van der Waals surface area contributed by atoms with E-state index in [2.05, 4.69) is 21.2 Å². The van der Waals surface area contributed by atoms with E-state index in [1.54, 1.807) is 50.2 Å². The fraction of sp³-hybridized carbons (Fsp3) is 0.310. The molecule has 0 saturated carbocycles. The van der Waals surface area contributed by atoms with Crippen LogP contribution in [-0.2, 0) is 26.2 Å². The number of rotatable bonds is 11. The number of nitrogens with one attached hydrogen (secondary N) is 1. The van der Waals surface area contributed by atoms with Gasteiger partial charge in [-0.15, -0.1) is 0 Å². The first-order valence-corrected chi connectivity index (χ1v) is 14.8. The first-order valence-electron chi connectivity index (χ1n) is 12.5. The molecule has 0 spiro atoms. The lowest BCUT2D eigenvalue weighted by molar-refractivity contribution is -0.139. The van der Waals surface area contributed by atoms with Crippen LogP contribution in [0.2, 0.25) is 0 Å². The predicted octanol–water partition coefficient (Wildman–Crippen LogP) is 5.28. The van der Waals surface area contributed by atoms with E-state index in [0.29, 0.717) is 11.3 Å². The number of aryl methyl sites for hydroxylation is 1. The van der Waals surface area contributed by atoms with Gasteiger partial charge in [-0.05, 0) is 68.7 Å². The van der Waals surface area contributed by atoms with Crippen molar-refractivity contribution in [1.29, 1.82) is 0 Å². The third kappa shape index (κ3) is 7.23. The van der Waals surface area contributed by atoms with Gasteiger partial charge in [-0.1, -0.05) is 71.4 Å². The number of hydrogen-bond donors (Lipinski definition) is 1. The van der Waals surface area contributed by atoms with Crippen LogP contribution < -0.4 is 9.62 Å². The molecular weight excluding hydrogens is 566 g/mol. The number of benzene rings is 3. The minimum Gasteiger partial charge on any atom is -0.352 e.